The highest BCUT2D eigenvalue weighted by molar-refractivity contribution is 7.99. The Bertz CT molecular complexity index is 540. The lowest BCUT2D eigenvalue weighted by Gasteiger charge is -2.26. The maximum atomic E-state index is 13.6. The van der Waals surface area contributed by atoms with Crippen LogP contribution in [0.25, 0.3) is 0 Å². The molecule has 0 amide bonds. The molecule has 0 aliphatic carbocycles. The number of benzene rings is 1. The largest absolute Gasteiger partial charge is 0.398 e. The summed E-state index contributed by atoms with van der Waals surface area (Å²) in [5.41, 5.74) is 5.47. The lowest BCUT2D eigenvalue weighted by Crippen LogP contribution is -2.39. The van der Waals surface area contributed by atoms with Gasteiger partial charge in [0.1, 0.15) is 10.7 Å². The van der Waals surface area contributed by atoms with Gasteiger partial charge in [0.2, 0.25) is 10.0 Å². The van der Waals surface area contributed by atoms with Crippen LogP contribution in [-0.2, 0) is 10.0 Å². The van der Waals surface area contributed by atoms with E-state index in [9.17, 15) is 12.8 Å². The Morgan fingerprint density at radius 2 is 2.05 bits per heavy atom. The van der Waals surface area contributed by atoms with Crippen LogP contribution in [0, 0.1) is 5.82 Å². The van der Waals surface area contributed by atoms with E-state index in [-0.39, 0.29) is 12.2 Å². The number of nitrogen functional groups attached to an aromatic ring is 1. The van der Waals surface area contributed by atoms with E-state index in [1.807, 2.05) is 11.8 Å². The molecule has 1 aromatic carbocycles. The highest BCUT2D eigenvalue weighted by atomic mass is 32.2. The topological polar surface area (TPSA) is 75.4 Å². The van der Waals surface area contributed by atoms with Gasteiger partial charge in [-0.3, -0.25) is 0 Å². The van der Waals surface area contributed by atoms with Gasteiger partial charge in [0, 0.05) is 37.7 Å². The summed E-state index contributed by atoms with van der Waals surface area (Å²) in [6.07, 6.45) is 0. The number of hydrogen-bond donors (Lipinski definition) is 2. The van der Waals surface area contributed by atoms with E-state index in [4.69, 9.17) is 5.73 Å². The van der Waals surface area contributed by atoms with Gasteiger partial charge in [0.25, 0.3) is 0 Å². The number of halogens is 1. The molecule has 1 aromatic rings. The van der Waals surface area contributed by atoms with Crippen molar-refractivity contribution in [3.05, 3.63) is 24.0 Å². The summed E-state index contributed by atoms with van der Waals surface area (Å²) in [6.45, 7) is 2.78. The van der Waals surface area contributed by atoms with E-state index in [1.165, 1.54) is 12.1 Å². The monoisotopic (exact) mass is 319 g/mol. The molecule has 1 heterocycles. The lowest BCUT2D eigenvalue weighted by atomic mass is 10.3. The van der Waals surface area contributed by atoms with E-state index < -0.39 is 20.7 Å². The van der Waals surface area contributed by atoms with Gasteiger partial charge in [0.15, 0.2) is 0 Å². The standard InChI is InChI=1S/C12H18FN3O2S2/c13-10-2-1-3-11(14)12(10)20(17,18)15-4-5-16-6-8-19-9-7-16/h1-3,15H,4-9,14H2. The molecule has 0 aromatic heterocycles. The molecule has 0 spiro atoms. The molecule has 0 bridgehead atoms. The quantitative estimate of drug-likeness (QED) is 0.783. The van der Waals surface area contributed by atoms with Crippen LogP contribution < -0.4 is 10.5 Å². The molecular formula is C12H18FN3O2S2. The number of nitrogens with two attached hydrogens (primary N) is 1. The van der Waals surface area contributed by atoms with Crippen LogP contribution in [0.15, 0.2) is 23.1 Å². The first-order chi connectivity index (χ1) is 9.50. The van der Waals surface area contributed by atoms with Crippen LogP contribution in [-0.4, -0.2) is 51.0 Å². The maximum absolute atomic E-state index is 13.6. The summed E-state index contributed by atoms with van der Waals surface area (Å²) in [6, 6.07) is 3.85. The fourth-order valence-electron chi connectivity index (χ4n) is 2.04. The highest BCUT2D eigenvalue weighted by Gasteiger charge is 2.22. The van der Waals surface area contributed by atoms with Crippen molar-refractivity contribution in [2.24, 2.45) is 0 Å². The third-order valence-electron chi connectivity index (χ3n) is 3.09. The maximum Gasteiger partial charge on any atom is 0.245 e. The van der Waals surface area contributed by atoms with Gasteiger partial charge in [-0.15, -0.1) is 0 Å². The number of rotatable bonds is 5. The zero-order valence-corrected chi connectivity index (χ0v) is 12.6. The molecular weight excluding hydrogens is 301 g/mol. The fourth-order valence-corrected chi connectivity index (χ4v) is 4.23. The zero-order chi connectivity index (χ0) is 14.6. The average Bonchev–Trinajstić information content (AvgIpc) is 2.39. The molecule has 1 fully saturated rings. The molecule has 20 heavy (non-hydrogen) atoms. The Morgan fingerprint density at radius 1 is 1.35 bits per heavy atom. The summed E-state index contributed by atoms with van der Waals surface area (Å²) >= 11 is 1.89. The number of anilines is 1. The Hall–Kier alpha value is -0.830. The van der Waals surface area contributed by atoms with Gasteiger partial charge in [-0.05, 0) is 12.1 Å². The van der Waals surface area contributed by atoms with Crippen LogP contribution in [0.4, 0.5) is 10.1 Å². The second-order valence-electron chi connectivity index (χ2n) is 4.51. The van der Waals surface area contributed by atoms with E-state index >= 15 is 0 Å². The minimum atomic E-state index is -3.90. The van der Waals surface area contributed by atoms with Crippen molar-refractivity contribution in [2.45, 2.75) is 4.90 Å². The Morgan fingerprint density at radius 3 is 2.70 bits per heavy atom. The second-order valence-corrected chi connectivity index (χ2v) is 7.44. The van der Waals surface area contributed by atoms with Crippen LogP contribution in [0.2, 0.25) is 0 Å². The van der Waals surface area contributed by atoms with Crippen molar-refractivity contribution < 1.29 is 12.8 Å². The van der Waals surface area contributed by atoms with Crippen molar-refractivity contribution in [3.8, 4) is 0 Å². The van der Waals surface area contributed by atoms with Gasteiger partial charge in [-0.1, -0.05) is 6.07 Å². The third-order valence-corrected chi connectivity index (χ3v) is 5.58. The van der Waals surface area contributed by atoms with Crippen LogP contribution in [0.5, 0.6) is 0 Å². The predicted octanol–water partition coefficient (Wildman–Crippen LogP) is 0.735. The fraction of sp³-hybridized carbons (Fsp3) is 0.500. The van der Waals surface area contributed by atoms with E-state index in [2.05, 4.69) is 9.62 Å². The minimum absolute atomic E-state index is 0.0770. The van der Waals surface area contributed by atoms with Crippen LogP contribution in [0.1, 0.15) is 0 Å². The summed E-state index contributed by atoms with van der Waals surface area (Å²) in [4.78, 5) is 1.72. The van der Waals surface area contributed by atoms with Gasteiger partial charge in [0.05, 0.1) is 5.69 Å². The minimum Gasteiger partial charge on any atom is -0.398 e. The van der Waals surface area contributed by atoms with Gasteiger partial charge < -0.3 is 10.6 Å². The van der Waals surface area contributed by atoms with E-state index in [0.29, 0.717) is 6.54 Å². The SMILES string of the molecule is Nc1cccc(F)c1S(=O)(=O)NCCN1CCSCC1. The average molecular weight is 319 g/mol. The Balaban J connectivity index is 1.97. The zero-order valence-electron chi connectivity index (χ0n) is 11.0. The Kier molecular flexibility index (Phi) is 5.25. The normalized spacial score (nSPS) is 17.2. The number of hydrogen-bond acceptors (Lipinski definition) is 5. The molecule has 1 saturated heterocycles. The number of nitrogens with one attached hydrogen (secondary N) is 1. The molecule has 1 aliphatic rings. The van der Waals surface area contributed by atoms with Crippen LogP contribution >= 0.6 is 11.8 Å². The molecule has 0 radical (unpaired) electrons. The van der Waals surface area contributed by atoms with Crippen LogP contribution in [0.3, 0.4) is 0 Å². The van der Waals surface area contributed by atoms with Crippen molar-refractivity contribution in [2.75, 3.05) is 43.4 Å². The summed E-state index contributed by atoms with van der Waals surface area (Å²) < 4.78 is 40.1. The van der Waals surface area contributed by atoms with Crippen molar-refractivity contribution >= 4 is 27.5 Å². The molecule has 112 valence electrons. The molecule has 5 nitrogen and oxygen atoms in total. The van der Waals surface area contributed by atoms with E-state index in [0.717, 1.165) is 30.7 Å². The second kappa shape index (κ2) is 6.75. The highest BCUT2D eigenvalue weighted by Crippen LogP contribution is 2.21. The van der Waals surface area contributed by atoms with Crippen molar-refractivity contribution in [3.63, 3.8) is 0 Å². The van der Waals surface area contributed by atoms with Crippen molar-refractivity contribution in [1.29, 1.82) is 0 Å². The molecule has 0 saturated carbocycles. The van der Waals surface area contributed by atoms with Gasteiger partial charge in [-0.25, -0.2) is 17.5 Å². The molecule has 1 aliphatic heterocycles. The van der Waals surface area contributed by atoms with Gasteiger partial charge in [-0.2, -0.15) is 11.8 Å². The first kappa shape index (κ1) is 15.6. The first-order valence-corrected chi connectivity index (χ1v) is 8.98. The molecule has 0 atom stereocenters. The third kappa shape index (κ3) is 3.85. The summed E-state index contributed by atoms with van der Waals surface area (Å²) in [5.74, 6) is 1.30. The van der Waals surface area contributed by atoms with Crippen molar-refractivity contribution in [1.82, 2.24) is 9.62 Å². The van der Waals surface area contributed by atoms with E-state index in [1.54, 1.807) is 0 Å². The summed E-state index contributed by atoms with van der Waals surface area (Å²) in [5, 5.41) is 0. The number of thioether (sulfide) groups is 1. The molecule has 8 heteroatoms. The predicted molar refractivity (Wildman–Crippen MR) is 79.8 cm³/mol. The lowest BCUT2D eigenvalue weighted by molar-refractivity contribution is 0.307. The molecule has 0 unspecified atom stereocenters. The Labute approximate surface area is 122 Å². The number of sulfonamides is 1. The summed E-state index contributed by atoms with van der Waals surface area (Å²) in [7, 11) is -3.90. The smallest absolute Gasteiger partial charge is 0.245 e. The van der Waals surface area contributed by atoms with Gasteiger partial charge >= 0.3 is 0 Å². The number of nitrogens with zero attached hydrogens (tertiary/aromatic N) is 1. The first-order valence-electron chi connectivity index (χ1n) is 6.34. The molecule has 3 N–H and O–H groups in total. The molecule has 2 rings (SSSR count).